The molecule has 1 unspecified atom stereocenters. The Balaban J connectivity index is 2.08. The molecule has 0 spiro atoms. The lowest BCUT2D eigenvalue weighted by Gasteiger charge is -2.13. The molecule has 1 N–H and O–H groups in total. The van der Waals surface area contributed by atoms with Gasteiger partial charge in [0.15, 0.2) is 0 Å². The first kappa shape index (κ1) is 17.0. The van der Waals surface area contributed by atoms with Crippen molar-refractivity contribution in [2.45, 2.75) is 65.3 Å². The summed E-state index contributed by atoms with van der Waals surface area (Å²) in [5.41, 5.74) is 1.40. The molecule has 2 heteroatoms. The van der Waals surface area contributed by atoms with E-state index in [0.29, 0.717) is 6.04 Å². The zero-order valence-corrected chi connectivity index (χ0v) is 13.5. The maximum atomic E-state index is 5.78. The van der Waals surface area contributed by atoms with Crippen molar-refractivity contribution in [3.05, 3.63) is 29.8 Å². The van der Waals surface area contributed by atoms with Gasteiger partial charge in [0.2, 0.25) is 0 Å². The molecule has 0 aliphatic heterocycles. The first-order valence-electron chi connectivity index (χ1n) is 8.21. The normalized spacial score (nSPS) is 12.3. The quantitative estimate of drug-likeness (QED) is 0.598. The molecule has 0 saturated carbocycles. The van der Waals surface area contributed by atoms with Gasteiger partial charge in [-0.3, -0.25) is 0 Å². The van der Waals surface area contributed by atoms with Crippen molar-refractivity contribution in [3.8, 4) is 5.75 Å². The van der Waals surface area contributed by atoms with Crippen LogP contribution < -0.4 is 10.1 Å². The highest BCUT2D eigenvalue weighted by molar-refractivity contribution is 5.27. The molecule has 1 rings (SSSR count). The molecule has 2 nitrogen and oxygen atoms in total. The van der Waals surface area contributed by atoms with Crippen LogP contribution in [0.5, 0.6) is 5.75 Å². The number of ether oxygens (including phenoxy) is 1. The summed E-state index contributed by atoms with van der Waals surface area (Å²) in [6, 6.07) is 9.17. The van der Waals surface area contributed by atoms with Crippen LogP contribution in [-0.4, -0.2) is 19.2 Å². The number of benzene rings is 1. The molecule has 1 aromatic carbocycles. The summed E-state index contributed by atoms with van der Waals surface area (Å²) in [5, 5.41) is 3.52. The van der Waals surface area contributed by atoms with Gasteiger partial charge in [0, 0.05) is 6.04 Å². The summed E-state index contributed by atoms with van der Waals surface area (Å²) >= 11 is 0. The van der Waals surface area contributed by atoms with Crippen LogP contribution in [0.2, 0.25) is 0 Å². The molecule has 0 heterocycles. The van der Waals surface area contributed by atoms with Crippen LogP contribution in [0.1, 0.15) is 58.4 Å². The van der Waals surface area contributed by atoms with Crippen LogP contribution in [0, 0.1) is 0 Å². The van der Waals surface area contributed by atoms with Crippen molar-refractivity contribution in [2.75, 3.05) is 13.2 Å². The van der Waals surface area contributed by atoms with Gasteiger partial charge in [-0.2, -0.15) is 0 Å². The van der Waals surface area contributed by atoms with Gasteiger partial charge in [0.05, 0.1) is 6.61 Å². The third-order valence-electron chi connectivity index (χ3n) is 3.51. The lowest BCUT2D eigenvalue weighted by molar-refractivity contribution is 0.301. The Morgan fingerprint density at radius 1 is 1.05 bits per heavy atom. The number of unbranched alkanes of at least 4 members (excludes halogenated alkanes) is 1. The van der Waals surface area contributed by atoms with Crippen molar-refractivity contribution in [2.24, 2.45) is 0 Å². The number of rotatable bonds is 11. The number of hydrogen-bond acceptors (Lipinski definition) is 2. The molecule has 0 aliphatic rings. The zero-order valence-electron chi connectivity index (χ0n) is 13.5. The Kier molecular flexibility index (Phi) is 9.14. The van der Waals surface area contributed by atoms with E-state index in [1.54, 1.807) is 0 Å². The van der Waals surface area contributed by atoms with Gasteiger partial charge in [-0.05, 0) is 63.3 Å². The van der Waals surface area contributed by atoms with Gasteiger partial charge >= 0.3 is 0 Å². The second-order valence-corrected chi connectivity index (χ2v) is 5.59. The first-order valence-corrected chi connectivity index (χ1v) is 8.21. The van der Waals surface area contributed by atoms with E-state index in [9.17, 15) is 0 Å². The summed E-state index contributed by atoms with van der Waals surface area (Å²) in [6.07, 6.45) is 7.16. The Bertz CT molecular complexity index is 334. The lowest BCUT2D eigenvalue weighted by Crippen LogP contribution is -2.26. The lowest BCUT2D eigenvalue weighted by atomic mass is 10.1. The SMILES string of the molecule is CCCNC(C)CCCCOc1ccc(CCC)cc1. The van der Waals surface area contributed by atoms with Gasteiger partial charge in [-0.1, -0.05) is 32.4 Å². The molecule has 114 valence electrons. The fraction of sp³-hybridized carbons (Fsp3) is 0.667. The van der Waals surface area contributed by atoms with Crippen molar-refractivity contribution >= 4 is 0 Å². The summed E-state index contributed by atoms with van der Waals surface area (Å²) < 4.78 is 5.78. The zero-order chi connectivity index (χ0) is 14.6. The molecule has 0 fully saturated rings. The second-order valence-electron chi connectivity index (χ2n) is 5.59. The van der Waals surface area contributed by atoms with Crippen LogP contribution in [0.15, 0.2) is 24.3 Å². The van der Waals surface area contributed by atoms with Crippen LogP contribution in [0.25, 0.3) is 0 Å². The summed E-state index contributed by atoms with van der Waals surface area (Å²) in [7, 11) is 0. The fourth-order valence-corrected chi connectivity index (χ4v) is 2.28. The molecule has 0 saturated heterocycles. The van der Waals surface area contributed by atoms with Crippen molar-refractivity contribution in [1.29, 1.82) is 0 Å². The van der Waals surface area contributed by atoms with E-state index in [4.69, 9.17) is 4.74 Å². The Morgan fingerprint density at radius 3 is 2.45 bits per heavy atom. The molecule has 0 aliphatic carbocycles. The summed E-state index contributed by atoms with van der Waals surface area (Å²) in [6.45, 7) is 8.64. The first-order chi connectivity index (χ1) is 9.76. The molecular weight excluding hydrogens is 246 g/mol. The molecule has 20 heavy (non-hydrogen) atoms. The van der Waals surface area contributed by atoms with Gasteiger partial charge in [0.1, 0.15) is 5.75 Å². The molecule has 1 aromatic rings. The highest BCUT2D eigenvalue weighted by Gasteiger charge is 2.00. The molecule has 0 aromatic heterocycles. The van der Waals surface area contributed by atoms with Gasteiger partial charge < -0.3 is 10.1 Å². The largest absolute Gasteiger partial charge is 0.494 e. The second kappa shape index (κ2) is 10.7. The minimum atomic E-state index is 0.628. The van der Waals surface area contributed by atoms with Crippen LogP contribution in [0.3, 0.4) is 0 Å². The third-order valence-corrected chi connectivity index (χ3v) is 3.51. The van der Waals surface area contributed by atoms with E-state index >= 15 is 0 Å². The van der Waals surface area contributed by atoms with E-state index in [1.807, 2.05) is 0 Å². The number of nitrogens with one attached hydrogen (secondary N) is 1. The van der Waals surface area contributed by atoms with Crippen molar-refractivity contribution < 1.29 is 4.74 Å². The predicted molar refractivity (Wildman–Crippen MR) is 87.5 cm³/mol. The van der Waals surface area contributed by atoms with Crippen LogP contribution in [0.4, 0.5) is 0 Å². The Hall–Kier alpha value is -1.02. The highest BCUT2D eigenvalue weighted by atomic mass is 16.5. The standard InChI is InChI=1S/C18H31NO/c1-4-8-17-10-12-18(13-11-17)20-15-7-6-9-16(3)19-14-5-2/h10-13,16,19H,4-9,14-15H2,1-3H3. The van der Waals surface area contributed by atoms with Gasteiger partial charge in [-0.15, -0.1) is 0 Å². The predicted octanol–water partition coefficient (Wildman–Crippen LogP) is 4.58. The van der Waals surface area contributed by atoms with E-state index in [1.165, 1.54) is 31.2 Å². The maximum absolute atomic E-state index is 5.78. The average Bonchev–Trinajstić information content (AvgIpc) is 2.47. The van der Waals surface area contributed by atoms with Gasteiger partial charge in [0.25, 0.3) is 0 Å². The summed E-state index contributed by atoms with van der Waals surface area (Å²) in [5.74, 6) is 1.00. The number of hydrogen-bond donors (Lipinski definition) is 1. The molecule has 0 amide bonds. The van der Waals surface area contributed by atoms with E-state index in [0.717, 1.165) is 31.7 Å². The van der Waals surface area contributed by atoms with E-state index in [2.05, 4.69) is 50.4 Å². The van der Waals surface area contributed by atoms with Crippen molar-refractivity contribution in [1.82, 2.24) is 5.32 Å². The minimum Gasteiger partial charge on any atom is -0.494 e. The summed E-state index contributed by atoms with van der Waals surface area (Å²) in [4.78, 5) is 0. The topological polar surface area (TPSA) is 21.3 Å². The Morgan fingerprint density at radius 2 is 1.80 bits per heavy atom. The molecule has 0 radical (unpaired) electrons. The Labute approximate surface area is 124 Å². The molecular formula is C18H31NO. The minimum absolute atomic E-state index is 0.628. The van der Waals surface area contributed by atoms with Crippen LogP contribution >= 0.6 is 0 Å². The number of aryl methyl sites for hydroxylation is 1. The van der Waals surface area contributed by atoms with Crippen molar-refractivity contribution in [3.63, 3.8) is 0 Å². The average molecular weight is 277 g/mol. The third kappa shape index (κ3) is 7.54. The van der Waals surface area contributed by atoms with Gasteiger partial charge in [-0.25, -0.2) is 0 Å². The highest BCUT2D eigenvalue weighted by Crippen LogP contribution is 2.14. The smallest absolute Gasteiger partial charge is 0.119 e. The van der Waals surface area contributed by atoms with E-state index in [-0.39, 0.29) is 0 Å². The monoisotopic (exact) mass is 277 g/mol. The fourth-order valence-electron chi connectivity index (χ4n) is 2.28. The van der Waals surface area contributed by atoms with E-state index < -0.39 is 0 Å². The molecule has 0 bridgehead atoms. The maximum Gasteiger partial charge on any atom is 0.119 e. The molecule has 1 atom stereocenters. The van der Waals surface area contributed by atoms with Crippen LogP contribution in [-0.2, 0) is 6.42 Å².